The standard InChI is InChI=1S/C31H37FN6O3/c32-26-8-7-22(18-27-23-5-1-2-6-24(23)29(40)35-34-27)17-25(26)30(41)38-15-13-37(14-16-38)28(39)19-36-12-4-10-31(21-36)9-3-11-33-20-31/h1-2,5-8,17,33H,3-4,9-16,18-21H2,(H,35,40). The van der Waals surface area contributed by atoms with E-state index in [9.17, 15) is 18.8 Å². The highest BCUT2D eigenvalue weighted by atomic mass is 19.1. The number of nitrogens with zero attached hydrogens (tertiary/aromatic N) is 4. The van der Waals surface area contributed by atoms with Crippen LogP contribution in [0.25, 0.3) is 10.8 Å². The highest BCUT2D eigenvalue weighted by molar-refractivity contribution is 5.95. The lowest BCUT2D eigenvalue weighted by atomic mass is 9.74. The monoisotopic (exact) mass is 560 g/mol. The van der Waals surface area contributed by atoms with Crippen LogP contribution in [0.1, 0.15) is 47.3 Å². The number of benzene rings is 2. The number of hydrogen-bond donors (Lipinski definition) is 2. The highest BCUT2D eigenvalue weighted by Gasteiger charge is 2.37. The molecule has 0 saturated carbocycles. The van der Waals surface area contributed by atoms with Gasteiger partial charge in [-0.05, 0) is 68.0 Å². The molecule has 9 nitrogen and oxygen atoms in total. The summed E-state index contributed by atoms with van der Waals surface area (Å²) < 4.78 is 14.9. The molecular formula is C31H37FN6O3. The number of halogens is 1. The summed E-state index contributed by atoms with van der Waals surface area (Å²) in [6, 6.07) is 11.7. The molecular weight excluding hydrogens is 523 g/mol. The van der Waals surface area contributed by atoms with Crippen molar-refractivity contribution in [2.75, 3.05) is 58.9 Å². The molecule has 216 valence electrons. The van der Waals surface area contributed by atoms with Gasteiger partial charge in [0.25, 0.3) is 11.5 Å². The van der Waals surface area contributed by atoms with Crippen LogP contribution in [0.4, 0.5) is 4.39 Å². The molecule has 0 radical (unpaired) electrons. The number of rotatable bonds is 5. The highest BCUT2D eigenvalue weighted by Crippen LogP contribution is 2.35. The molecule has 10 heteroatoms. The number of hydrogen-bond acceptors (Lipinski definition) is 6. The molecule has 0 aliphatic carbocycles. The average molecular weight is 561 g/mol. The number of fused-ring (bicyclic) bond motifs is 1. The minimum atomic E-state index is -0.576. The van der Waals surface area contributed by atoms with Crippen LogP contribution >= 0.6 is 0 Å². The molecule has 3 saturated heterocycles. The van der Waals surface area contributed by atoms with E-state index >= 15 is 0 Å². The van der Waals surface area contributed by atoms with Crippen LogP contribution < -0.4 is 10.9 Å². The fourth-order valence-corrected chi connectivity index (χ4v) is 6.79. The van der Waals surface area contributed by atoms with E-state index in [-0.39, 0.29) is 22.9 Å². The first-order valence-electron chi connectivity index (χ1n) is 14.7. The maximum Gasteiger partial charge on any atom is 0.272 e. The summed E-state index contributed by atoms with van der Waals surface area (Å²) in [4.78, 5) is 44.4. The number of aromatic amines is 1. The Labute approximate surface area is 238 Å². The van der Waals surface area contributed by atoms with Crippen molar-refractivity contribution >= 4 is 22.6 Å². The molecule has 3 fully saturated rings. The van der Waals surface area contributed by atoms with Crippen molar-refractivity contribution < 1.29 is 14.0 Å². The van der Waals surface area contributed by atoms with Gasteiger partial charge in [-0.15, -0.1) is 0 Å². The van der Waals surface area contributed by atoms with Crippen LogP contribution in [0.2, 0.25) is 0 Å². The van der Waals surface area contributed by atoms with Gasteiger partial charge in [0.05, 0.1) is 23.2 Å². The number of aromatic nitrogens is 2. The number of piperazine rings is 1. The molecule has 1 spiro atoms. The molecule has 6 rings (SSSR count). The molecule has 1 aromatic heterocycles. The third-order valence-electron chi connectivity index (χ3n) is 8.99. The number of H-pyrrole nitrogens is 1. The van der Waals surface area contributed by atoms with E-state index in [1.165, 1.54) is 25.3 Å². The maximum atomic E-state index is 14.9. The lowest BCUT2D eigenvalue weighted by molar-refractivity contribution is -0.134. The molecule has 2 aromatic carbocycles. The zero-order chi connectivity index (χ0) is 28.4. The van der Waals surface area contributed by atoms with Crippen molar-refractivity contribution in [3.63, 3.8) is 0 Å². The summed E-state index contributed by atoms with van der Waals surface area (Å²) in [5, 5.41) is 11.5. The van der Waals surface area contributed by atoms with Crippen LogP contribution in [0, 0.1) is 11.2 Å². The van der Waals surface area contributed by atoms with Crippen LogP contribution in [0.3, 0.4) is 0 Å². The van der Waals surface area contributed by atoms with E-state index < -0.39 is 5.82 Å². The fraction of sp³-hybridized carbons (Fsp3) is 0.484. The van der Waals surface area contributed by atoms with Crippen molar-refractivity contribution in [1.29, 1.82) is 0 Å². The number of nitrogens with one attached hydrogen (secondary N) is 2. The zero-order valence-corrected chi connectivity index (χ0v) is 23.3. The van der Waals surface area contributed by atoms with Gasteiger partial charge in [-0.2, -0.15) is 5.10 Å². The second-order valence-electron chi connectivity index (χ2n) is 11.8. The number of carbonyl (C=O) groups excluding carboxylic acids is 2. The first-order chi connectivity index (χ1) is 19.9. The van der Waals surface area contributed by atoms with Gasteiger partial charge >= 0.3 is 0 Å². The summed E-state index contributed by atoms with van der Waals surface area (Å²) in [5.41, 5.74) is 1.41. The van der Waals surface area contributed by atoms with E-state index in [1.807, 2.05) is 17.0 Å². The van der Waals surface area contributed by atoms with Gasteiger partial charge in [0.1, 0.15) is 5.82 Å². The van der Waals surface area contributed by atoms with Crippen LogP contribution in [-0.2, 0) is 11.2 Å². The smallest absolute Gasteiger partial charge is 0.272 e. The normalized spacial score (nSPS) is 21.9. The molecule has 3 aliphatic heterocycles. The predicted molar refractivity (Wildman–Crippen MR) is 154 cm³/mol. The molecule has 1 atom stereocenters. The predicted octanol–water partition coefficient (Wildman–Crippen LogP) is 2.40. The SMILES string of the molecule is O=C(CN1CCCC2(CCCNC2)C1)N1CCN(C(=O)c2cc(Cc3n[nH]c(=O)c4ccccc34)ccc2F)CC1. The average Bonchev–Trinajstić information content (AvgIpc) is 3.00. The minimum Gasteiger partial charge on any atom is -0.338 e. The Balaban J connectivity index is 1.07. The molecule has 0 bridgehead atoms. The largest absolute Gasteiger partial charge is 0.338 e. The second kappa shape index (κ2) is 11.7. The van der Waals surface area contributed by atoms with E-state index in [1.54, 1.807) is 29.2 Å². The first kappa shape index (κ1) is 27.5. The molecule has 2 amide bonds. The van der Waals surface area contributed by atoms with Gasteiger partial charge in [0.2, 0.25) is 5.91 Å². The van der Waals surface area contributed by atoms with Crippen LogP contribution in [0.5, 0.6) is 0 Å². The Morgan fingerprint density at radius 3 is 2.49 bits per heavy atom. The van der Waals surface area contributed by atoms with Gasteiger partial charge in [-0.3, -0.25) is 19.3 Å². The van der Waals surface area contributed by atoms with Crippen LogP contribution in [-0.4, -0.2) is 95.6 Å². The molecule has 41 heavy (non-hydrogen) atoms. The Hall–Kier alpha value is -3.63. The Kier molecular flexibility index (Phi) is 7.86. The molecule has 4 heterocycles. The lowest BCUT2D eigenvalue weighted by Gasteiger charge is -2.45. The van der Waals surface area contributed by atoms with E-state index in [0.29, 0.717) is 55.6 Å². The fourth-order valence-electron chi connectivity index (χ4n) is 6.79. The van der Waals surface area contributed by atoms with Crippen molar-refractivity contribution in [1.82, 2.24) is 30.2 Å². The molecule has 2 N–H and O–H groups in total. The zero-order valence-electron chi connectivity index (χ0n) is 23.3. The summed E-state index contributed by atoms with van der Waals surface area (Å²) in [5.74, 6) is -0.849. The number of amides is 2. The lowest BCUT2D eigenvalue weighted by Crippen LogP contribution is -2.55. The van der Waals surface area contributed by atoms with E-state index in [2.05, 4.69) is 20.4 Å². The summed E-state index contributed by atoms with van der Waals surface area (Å²) >= 11 is 0. The van der Waals surface area contributed by atoms with Gasteiger partial charge in [-0.1, -0.05) is 24.3 Å². The first-order valence-corrected chi connectivity index (χ1v) is 14.7. The van der Waals surface area contributed by atoms with Gasteiger partial charge in [0, 0.05) is 51.1 Å². The summed E-state index contributed by atoms with van der Waals surface area (Å²) in [7, 11) is 0. The van der Waals surface area contributed by atoms with Gasteiger partial charge in [0.15, 0.2) is 0 Å². The Bertz CT molecular complexity index is 1490. The van der Waals surface area contributed by atoms with Crippen molar-refractivity contribution in [3.05, 3.63) is 75.5 Å². The molecule has 1 unspecified atom stereocenters. The number of likely N-dealkylation sites (tertiary alicyclic amines) is 1. The number of carbonyl (C=O) groups is 2. The third-order valence-corrected chi connectivity index (χ3v) is 8.99. The summed E-state index contributed by atoms with van der Waals surface area (Å²) in [6.45, 7) is 6.08. The van der Waals surface area contributed by atoms with Gasteiger partial charge < -0.3 is 15.1 Å². The van der Waals surface area contributed by atoms with Crippen molar-refractivity contribution in [2.45, 2.75) is 32.1 Å². The molecule has 3 aromatic rings. The third kappa shape index (κ3) is 5.90. The number of piperidine rings is 2. The minimum absolute atomic E-state index is 0.00992. The van der Waals surface area contributed by atoms with Crippen molar-refractivity contribution in [2.24, 2.45) is 5.41 Å². The molecule has 3 aliphatic rings. The topological polar surface area (TPSA) is 102 Å². The van der Waals surface area contributed by atoms with Crippen LogP contribution in [0.15, 0.2) is 47.3 Å². The van der Waals surface area contributed by atoms with Crippen molar-refractivity contribution in [3.8, 4) is 0 Å². The summed E-state index contributed by atoms with van der Waals surface area (Å²) in [6.07, 6.45) is 5.11. The second-order valence-corrected chi connectivity index (χ2v) is 11.8. The maximum absolute atomic E-state index is 14.9. The van der Waals surface area contributed by atoms with E-state index in [0.717, 1.165) is 43.5 Å². The Morgan fingerprint density at radius 2 is 1.71 bits per heavy atom. The van der Waals surface area contributed by atoms with Gasteiger partial charge in [-0.25, -0.2) is 9.49 Å². The quantitative estimate of drug-likeness (QED) is 0.497. The Morgan fingerprint density at radius 1 is 0.951 bits per heavy atom. The van der Waals surface area contributed by atoms with E-state index in [4.69, 9.17) is 0 Å².